The van der Waals surface area contributed by atoms with Gasteiger partial charge in [0.05, 0.1) is 0 Å². The van der Waals surface area contributed by atoms with Crippen molar-refractivity contribution in [1.82, 2.24) is 5.32 Å². The van der Waals surface area contributed by atoms with Crippen molar-refractivity contribution in [3.8, 4) is 0 Å². The number of rotatable bonds is 3. The summed E-state index contributed by atoms with van der Waals surface area (Å²) in [4.78, 5) is 0. The molecule has 3 unspecified atom stereocenters. The van der Waals surface area contributed by atoms with Crippen LogP contribution in [-0.4, -0.2) is 12.1 Å². The van der Waals surface area contributed by atoms with Crippen LogP contribution >= 0.6 is 0 Å². The molecule has 1 nitrogen and oxygen atoms in total. The molecule has 2 aliphatic rings. The monoisotopic (exact) mass is 139 g/mol. The van der Waals surface area contributed by atoms with Gasteiger partial charge in [0.15, 0.2) is 0 Å². The van der Waals surface area contributed by atoms with E-state index in [1.54, 1.807) is 0 Å². The van der Waals surface area contributed by atoms with Gasteiger partial charge in [-0.25, -0.2) is 0 Å². The molecule has 0 radical (unpaired) electrons. The van der Waals surface area contributed by atoms with Crippen LogP contribution in [0.3, 0.4) is 0 Å². The lowest BCUT2D eigenvalue weighted by Crippen LogP contribution is -1.96. The zero-order chi connectivity index (χ0) is 7.14. The molecule has 1 N–H and O–H groups in total. The molecule has 0 amide bonds. The van der Waals surface area contributed by atoms with Crippen molar-refractivity contribution in [2.24, 2.45) is 11.8 Å². The molecule has 1 saturated heterocycles. The molecule has 0 aromatic rings. The van der Waals surface area contributed by atoms with Gasteiger partial charge in [-0.3, -0.25) is 0 Å². The van der Waals surface area contributed by atoms with Gasteiger partial charge in [-0.15, -0.1) is 0 Å². The van der Waals surface area contributed by atoms with Crippen LogP contribution in [0, 0.1) is 11.8 Å². The van der Waals surface area contributed by atoms with Gasteiger partial charge in [-0.2, -0.15) is 0 Å². The number of hydrogen-bond donors (Lipinski definition) is 1. The molecule has 2 rings (SSSR count). The summed E-state index contributed by atoms with van der Waals surface area (Å²) in [5.41, 5.74) is 0. The van der Waals surface area contributed by atoms with Crippen LogP contribution in [0.1, 0.15) is 33.1 Å². The van der Waals surface area contributed by atoms with Crippen LogP contribution in [0.15, 0.2) is 0 Å². The summed E-state index contributed by atoms with van der Waals surface area (Å²) in [7, 11) is 0. The summed E-state index contributed by atoms with van der Waals surface area (Å²) in [6.07, 6.45) is 4.22. The Morgan fingerprint density at radius 2 is 2.20 bits per heavy atom. The van der Waals surface area contributed by atoms with Gasteiger partial charge >= 0.3 is 0 Å². The first-order chi connectivity index (χ1) is 4.83. The van der Waals surface area contributed by atoms with Gasteiger partial charge in [0.2, 0.25) is 0 Å². The molecule has 58 valence electrons. The van der Waals surface area contributed by atoms with Crippen molar-refractivity contribution in [3.63, 3.8) is 0 Å². The van der Waals surface area contributed by atoms with Crippen LogP contribution in [0.5, 0.6) is 0 Å². The fourth-order valence-electron chi connectivity index (χ4n) is 2.04. The van der Waals surface area contributed by atoms with E-state index in [0.29, 0.717) is 0 Å². The second-order valence-electron chi connectivity index (χ2n) is 3.96. The highest BCUT2D eigenvalue weighted by atomic mass is 15.2. The summed E-state index contributed by atoms with van der Waals surface area (Å²) in [5.74, 6) is 2.08. The lowest BCUT2D eigenvalue weighted by Gasteiger charge is -1.90. The maximum atomic E-state index is 3.56. The molecule has 10 heavy (non-hydrogen) atoms. The second-order valence-corrected chi connectivity index (χ2v) is 3.96. The fraction of sp³-hybridized carbons (Fsp3) is 1.00. The van der Waals surface area contributed by atoms with E-state index in [1.807, 2.05) is 0 Å². The first-order valence-electron chi connectivity index (χ1n) is 4.59. The summed E-state index contributed by atoms with van der Waals surface area (Å²) in [5, 5.41) is 3.56. The Morgan fingerprint density at radius 1 is 1.50 bits per heavy atom. The third kappa shape index (κ3) is 1.07. The smallest absolute Gasteiger partial charge is 0.0255 e. The Hall–Kier alpha value is -0.0400. The fourth-order valence-corrected chi connectivity index (χ4v) is 2.04. The molecule has 1 saturated carbocycles. The third-order valence-electron chi connectivity index (χ3n) is 2.96. The van der Waals surface area contributed by atoms with E-state index in [9.17, 15) is 0 Å². The topological polar surface area (TPSA) is 21.9 Å². The average molecular weight is 139 g/mol. The largest absolute Gasteiger partial charge is 0.308 e. The molecule has 1 aliphatic carbocycles. The Labute approximate surface area is 63.2 Å². The minimum atomic E-state index is 0.903. The summed E-state index contributed by atoms with van der Waals surface area (Å²) >= 11 is 0. The Bertz CT molecular complexity index is 133. The Balaban J connectivity index is 1.70. The molecule has 1 heterocycles. The van der Waals surface area contributed by atoms with Crippen LogP contribution < -0.4 is 5.32 Å². The molecule has 4 atom stereocenters. The highest BCUT2D eigenvalue weighted by Gasteiger charge is 2.50. The van der Waals surface area contributed by atoms with Crippen molar-refractivity contribution in [2.45, 2.75) is 45.2 Å². The lowest BCUT2D eigenvalue weighted by atomic mass is 10.1. The van der Waals surface area contributed by atoms with Crippen molar-refractivity contribution in [1.29, 1.82) is 0 Å². The van der Waals surface area contributed by atoms with Crippen LogP contribution in [0.4, 0.5) is 0 Å². The van der Waals surface area contributed by atoms with Gasteiger partial charge in [-0.05, 0) is 24.7 Å². The predicted octanol–water partition coefficient (Wildman–Crippen LogP) is 1.78. The van der Waals surface area contributed by atoms with Crippen molar-refractivity contribution in [2.75, 3.05) is 0 Å². The molecular formula is C9H17N. The first kappa shape index (κ1) is 6.66. The van der Waals surface area contributed by atoms with E-state index in [4.69, 9.17) is 0 Å². The molecular weight excluding hydrogens is 122 g/mol. The van der Waals surface area contributed by atoms with E-state index in [1.165, 1.54) is 19.3 Å². The molecule has 0 spiro atoms. The SMILES string of the molecule is CCCC1NC1[C@H]1CC1C. The van der Waals surface area contributed by atoms with Crippen molar-refractivity contribution < 1.29 is 0 Å². The van der Waals surface area contributed by atoms with Crippen molar-refractivity contribution in [3.05, 3.63) is 0 Å². The average Bonchev–Trinajstić information content (AvgIpc) is 2.70. The predicted molar refractivity (Wildman–Crippen MR) is 42.9 cm³/mol. The van der Waals surface area contributed by atoms with E-state index in [2.05, 4.69) is 19.2 Å². The Morgan fingerprint density at radius 3 is 2.70 bits per heavy atom. The van der Waals surface area contributed by atoms with Crippen LogP contribution in [0.25, 0.3) is 0 Å². The number of nitrogens with one attached hydrogen (secondary N) is 1. The molecule has 0 bridgehead atoms. The molecule has 1 heteroatoms. The summed E-state index contributed by atoms with van der Waals surface area (Å²) in [6, 6.07) is 1.83. The standard InChI is InChI=1S/C9H17N/c1-3-4-8-9(10-8)7-5-6(7)2/h6-10H,3-5H2,1-2H3/t6?,7-,8?,9?/m0/s1. The molecule has 0 aromatic carbocycles. The highest BCUT2D eigenvalue weighted by molar-refractivity contribution is 5.08. The van der Waals surface area contributed by atoms with Gasteiger partial charge in [0.25, 0.3) is 0 Å². The van der Waals surface area contributed by atoms with E-state index in [0.717, 1.165) is 23.9 Å². The van der Waals surface area contributed by atoms with Crippen molar-refractivity contribution >= 4 is 0 Å². The third-order valence-corrected chi connectivity index (χ3v) is 2.96. The van der Waals surface area contributed by atoms with E-state index < -0.39 is 0 Å². The Kier molecular flexibility index (Phi) is 1.48. The first-order valence-corrected chi connectivity index (χ1v) is 4.59. The highest BCUT2D eigenvalue weighted by Crippen LogP contribution is 2.46. The quantitative estimate of drug-likeness (QED) is 0.591. The summed E-state index contributed by atoms with van der Waals surface area (Å²) in [6.45, 7) is 4.64. The second kappa shape index (κ2) is 2.23. The van der Waals surface area contributed by atoms with Crippen LogP contribution in [0.2, 0.25) is 0 Å². The van der Waals surface area contributed by atoms with Gasteiger partial charge < -0.3 is 5.32 Å². The minimum absolute atomic E-state index is 0.903. The normalized spacial score (nSPS) is 51.0. The van der Waals surface area contributed by atoms with Gasteiger partial charge in [0, 0.05) is 12.1 Å². The van der Waals surface area contributed by atoms with Gasteiger partial charge in [-0.1, -0.05) is 20.3 Å². The van der Waals surface area contributed by atoms with Crippen LogP contribution in [-0.2, 0) is 0 Å². The minimum Gasteiger partial charge on any atom is -0.308 e. The van der Waals surface area contributed by atoms with Gasteiger partial charge in [0.1, 0.15) is 0 Å². The number of hydrogen-bond acceptors (Lipinski definition) is 1. The van der Waals surface area contributed by atoms with E-state index >= 15 is 0 Å². The lowest BCUT2D eigenvalue weighted by molar-refractivity contribution is 0.681. The maximum absolute atomic E-state index is 3.56. The molecule has 1 aliphatic heterocycles. The maximum Gasteiger partial charge on any atom is 0.0255 e. The summed E-state index contributed by atoms with van der Waals surface area (Å²) < 4.78 is 0. The zero-order valence-electron chi connectivity index (χ0n) is 6.93. The molecule has 0 aromatic heterocycles. The molecule has 2 fully saturated rings. The van der Waals surface area contributed by atoms with E-state index in [-0.39, 0.29) is 0 Å². The zero-order valence-corrected chi connectivity index (χ0v) is 6.93.